The minimum Gasteiger partial charge on any atom is -0.478 e. The number of rotatable bonds is 6. The van der Waals surface area contributed by atoms with Crippen LogP contribution in [0.3, 0.4) is 0 Å². The zero-order valence-electron chi connectivity index (χ0n) is 12.9. The highest BCUT2D eigenvalue weighted by molar-refractivity contribution is 5.88. The van der Waals surface area contributed by atoms with Gasteiger partial charge in [0, 0.05) is 23.5 Å². The molecule has 2 rings (SSSR count). The maximum Gasteiger partial charge on any atom is 0.335 e. The highest BCUT2D eigenvalue weighted by Gasteiger charge is 2.06. The summed E-state index contributed by atoms with van der Waals surface area (Å²) < 4.78 is 0. The lowest BCUT2D eigenvalue weighted by Crippen LogP contribution is -2.16. The number of aromatic nitrogens is 2. The van der Waals surface area contributed by atoms with Crippen molar-refractivity contribution in [3.05, 3.63) is 41.6 Å². The third-order valence-corrected chi connectivity index (χ3v) is 3.25. The van der Waals surface area contributed by atoms with Crippen LogP contribution in [0.25, 0.3) is 0 Å². The van der Waals surface area contributed by atoms with Gasteiger partial charge in [0.15, 0.2) is 0 Å². The van der Waals surface area contributed by atoms with E-state index < -0.39 is 5.97 Å². The van der Waals surface area contributed by atoms with Gasteiger partial charge in [-0.15, -0.1) is 0 Å². The summed E-state index contributed by atoms with van der Waals surface area (Å²) in [5.74, 6) is 0.310. The van der Waals surface area contributed by atoms with Crippen molar-refractivity contribution in [2.45, 2.75) is 33.2 Å². The zero-order valence-corrected chi connectivity index (χ0v) is 12.9. The average molecular weight is 300 g/mol. The van der Waals surface area contributed by atoms with Gasteiger partial charge in [0.25, 0.3) is 0 Å². The molecule has 6 heteroatoms. The molecule has 1 unspecified atom stereocenters. The number of nitrogens with zero attached hydrogens (tertiary/aromatic N) is 2. The Hall–Kier alpha value is -2.63. The van der Waals surface area contributed by atoms with E-state index in [1.54, 1.807) is 24.3 Å². The molecule has 22 heavy (non-hydrogen) atoms. The molecule has 0 radical (unpaired) electrons. The lowest BCUT2D eigenvalue weighted by atomic mass is 10.2. The van der Waals surface area contributed by atoms with Crippen molar-refractivity contribution >= 4 is 23.4 Å². The number of carboxylic acids is 1. The second-order valence-electron chi connectivity index (χ2n) is 5.18. The Kier molecular flexibility index (Phi) is 4.93. The summed E-state index contributed by atoms with van der Waals surface area (Å²) in [7, 11) is 0. The molecule has 0 bridgehead atoms. The van der Waals surface area contributed by atoms with Crippen LogP contribution in [0, 0.1) is 6.92 Å². The van der Waals surface area contributed by atoms with Crippen molar-refractivity contribution in [2.24, 2.45) is 0 Å². The van der Waals surface area contributed by atoms with E-state index in [-0.39, 0.29) is 5.56 Å². The fraction of sp³-hybridized carbons (Fsp3) is 0.312. The maximum absolute atomic E-state index is 10.8. The minimum atomic E-state index is -0.940. The van der Waals surface area contributed by atoms with Gasteiger partial charge in [0.05, 0.1) is 5.56 Å². The molecule has 0 aliphatic rings. The van der Waals surface area contributed by atoms with Gasteiger partial charge in [0.2, 0.25) is 5.95 Å². The average Bonchev–Trinajstić information content (AvgIpc) is 2.47. The minimum absolute atomic E-state index is 0.253. The molecule has 0 fully saturated rings. The monoisotopic (exact) mass is 300 g/mol. The highest BCUT2D eigenvalue weighted by atomic mass is 16.4. The Balaban J connectivity index is 2.16. The van der Waals surface area contributed by atoms with Crippen LogP contribution in [0.2, 0.25) is 0 Å². The van der Waals surface area contributed by atoms with Gasteiger partial charge < -0.3 is 15.7 Å². The highest BCUT2D eigenvalue weighted by Crippen LogP contribution is 2.18. The molecule has 0 saturated heterocycles. The molecular formula is C16H20N4O2. The van der Waals surface area contributed by atoms with E-state index in [1.165, 1.54) is 0 Å². The first-order valence-corrected chi connectivity index (χ1v) is 7.20. The number of aromatic carboxylic acids is 1. The van der Waals surface area contributed by atoms with Gasteiger partial charge >= 0.3 is 5.97 Å². The molecule has 3 N–H and O–H groups in total. The Labute approximate surface area is 129 Å². The third-order valence-electron chi connectivity index (χ3n) is 3.25. The van der Waals surface area contributed by atoms with Gasteiger partial charge in [-0.25, -0.2) is 9.78 Å². The molecule has 0 saturated carbocycles. The number of anilines is 3. The fourth-order valence-electron chi connectivity index (χ4n) is 1.86. The summed E-state index contributed by atoms with van der Waals surface area (Å²) >= 11 is 0. The molecule has 0 spiro atoms. The Morgan fingerprint density at radius 3 is 2.55 bits per heavy atom. The molecule has 0 amide bonds. The molecule has 2 aromatic rings. The van der Waals surface area contributed by atoms with Crippen LogP contribution in [0.4, 0.5) is 17.5 Å². The van der Waals surface area contributed by atoms with Crippen molar-refractivity contribution in [2.75, 3.05) is 10.6 Å². The van der Waals surface area contributed by atoms with Crippen LogP contribution >= 0.6 is 0 Å². The standard InChI is InChI=1S/C16H20N4O2/c1-4-10(2)17-16-18-11(3)9-14(20-16)19-13-7-5-12(6-8-13)15(21)22/h5-10H,4H2,1-3H3,(H,21,22)(H2,17,18,19,20). The van der Waals surface area contributed by atoms with E-state index in [9.17, 15) is 4.79 Å². The van der Waals surface area contributed by atoms with Crippen molar-refractivity contribution in [1.29, 1.82) is 0 Å². The first-order valence-electron chi connectivity index (χ1n) is 7.20. The largest absolute Gasteiger partial charge is 0.478 e. The van der Waals surface area contributed by atoms with Crippen molar-refractivity contribution in [3.8, 4) is 0 Å². The van der Waals surface area contributed by atoms with E-state index in [4.69, 9.17) is 5.11 Å². The Morgan fingerprint density at radius 2 is 1.95 bits per heavy atom. The van der Waals surface area contributed by atoms with Crippen molar-refractivity contribution < 1.29 is 9.90 Å². The Bertz CT molecular complexity index is 656. The molecule has 1 aromatic carbocycles. The summed E-state index contributed by atoms with van der Waals surface area (Å²) in [5.41, 5.74) is 1.88. The van der Waals surface area contributed by atoms with Crippen LogP contribution in [-0.2, 0) is 0 Å². The van der Waals surface area contributed by atoms with Crippen LogP contribution in [0.15, 0.2) is 30.3 Å². The van der Waals surface area contributed by atoms with Crippen LogP contribution in [0.1, 0.15) is 36.3 Å². The van der Waals surface area contributed by atoms with Crippen molar-refractivity contribution in [3.63, 3.8) is 0 Å². The number of benzene rings is 1. The fourth-order valence-corrected chi connectivity index (χ4v) is 1.86. The molecular weight excluding hydrogens is 280 g/mol. The third kappa shape index (κ3) is 4.18. The summed E-state index contributed by atoms with van der Waals surface area (Å²) in [6.07, 6.45) is 0.983. The lowest BCUT2D eigenvalue weighted by molar-refractivity contribution is 0.0697. The number of aryl methyl sites for hydroxylation is 1. The smallest absolute Gasteiger partial charge is 0.335 e. The molecule has 6 nitrogen and oxygen atoms in total. The second-order valence-corrected chi connectivity index (χ2v) is 5.18. The lowest BCUT2D eigenvalue weighted by Gasteiger charge is -2.13. The predicted molar refractivity (Wildman–Crippen MR) is 86.8 cm³/mol. The van der Waals surface area contributed by atoms with Crippen LogP contribution in [0.5, 0.6) is 0 Å². The van der Waals surface area contributed by atoms with Gasteiger partial charge in [-0.1, -0.05) is 6.92 Å². The van der Waals surface area contributed by atoms with Gasteiger partial charge in [-0.05, 0) is 44.5 Å². The number of carboxylic acid groups (broad SMARTS) is 1. The topological polar surface area (TPSA) is 87.1 Å². The molecule has 116 valence electrons. The molecule has 0 aliphatic carbocycles. The summed E-state index contributed by atoms with van der Waals surface area (Å²) in [5, 5.41) is 15.3. The number of carbonyl (C=O) groups is 1. The normalized spacial score (nSPS) is 11.8. The first kappa shape index (κ1) is 15.8. The maximum atomic E-state index is 10.8. The van der Waals surface area contributed by atoms with Gasteiger partial charge in [-0.2, -0.15) is 4.98 Å². The molecule has 1 heterocycles. The SMILES string of the molecule is CCC(C)Nc1nc(C)cc(Nc2ccc(C(=O)O)cc2)n1. The second kappa shape index (κ2) is 6.89. The van der Waals surface area contributed by atoms with Crippen molar-refractivity contribution in [1.82, 2.24) is 9.97 Å². The Morgan fingerprint density at radius 1 is 1.27 bits per heavy atom. The van der Waals surface area contributed by atoms with E-state index in [0.717, 1.165) is 17.8 Å². The first-order chi connectivity index (χ1) is 10.5. The number of hydrogen-bond acceptors (Lipinski definition) is 5. The molecule has 1 atom stereocenters. The zero-order chi connectivity index (χ0) is 16.1. The summed E-state index contributed by atoms with van der Waals surface area (Å²) in [4.78, 5) is 19.6. The number of hydrogen-bond donors (Lipinski definition) is 3. The summed E-state index contributed by atoms with van der Waals surface area (Å²) in [6.45, 7) is 6.07. The van der Waals surface area contributed by atoms with Gasteiger partial charge in [-0.3, -0.25) is 0 Å². The van der Waals surface area contributed by atoms with E-state index in [0.29, 0.717) is 17.8 Å². The van der Waals surface area contributed by atoms with E-state index in [2.05, 4.69) is 34.4 Å². The number of nitrogens with one attached hydrogen (secondary N) is 2. The van der Waals surface area contributed by atoms with E-state index >= 15 is 0 Å². The van der Waals surface area contributed by atoms with Crippen LogP contribution < -0.4 is 10.6 Å². The van der Waals surface area contributed by atoms with E-state index in [1.807, 2.05) is 13.0 Å². The predicted octanol–water partition coefficient (Wildman–Crippen LogP) is 3.44. The molecule has 0 aliphatic heterocycles. The quantitative estimate of drug-likeness (QED) is 0.757. The van der Waals surface area contributed by atoms with Gasteiger partial charge in [0.1, 0.15) is 5.82 Å². The van der Waals surface area contributed by atoms with Crippen LogP contribution in [-0.4, -0.2) is 27.1 Å². The molecule has 1 aromatic heterocycles. The summed E-state index contributed by atoms with van der Waals surface area (Å²) in [6, 6.07) is 8.66.